The lowest BCUT2D eigenvalue weighted by atomic mass is 9.80. The van der Waals surface area contributed by atoms with E-state index < -0.39 is 35.1 Å². The summed E-state index contributed by atoms with van der Waals surface area (Å²) in [6, 6.07) is 0. The number of hydrogen-bond donors (Lipinski definition) is 2. The predicted molar refractivity (Wildman–Crippen MR) is 46.2 cm³/mol. The van der Waals surface area contributed by atoms with E-state index in [-0.39, 0.29) is 12.8 Å². The second kappa shape index (κ2) is 3.46. The van der Waals surface area contributed by atoms with Crippen molar-refractivity contribution < 1.29 is 32.6 Å². The topological polar surface area (TPSA) is 83.6 Å². The van der Waals surface area contributed by atoms with Gasteiger partial charge in [-0.3, -0.25) is 0 Å². The highest BCUT2D eigenvalue weighted by Gasteiger charge is 2.47. The first-order chi connectivity index (χ1) is 7.74. The number of hydrogen-bond acceptors (Lipinski definition) is 4. The minimum atomic E-state index is -4.92. The van der Waals surface area contributed by atoms with Gasteiger partial charge in [0, 0.05) is 0 Å². The summed E-state index contributed by atoms with van der Waals surface area (Å²) in [4.78, 5) is 13.7. The van der Waals surface area contributed by atoms with E-state index in [9.17, 15) is 23.1 Å². The third-order valence-corrected chi connectivity index (χ3v) is 2.67. The second-order valence-corrected chi connectivity index (χ2v) is 3.88. The molecule has 5 nitrogen and oxygen atoms in total. The Balaban J connectivity index is 2.48. The van der Waals surface area contributed by atoms with Crippen LogP contribution >= 0.6 is 0 Å². The molecule has 2 rings (SSSR count). The largest absolute Gasteiger partial charge is 0.475 e. The first-order valence-electron chi connectivity index (χ1n) is 4.78. The van der Waals surface area contributed by atoms with E-state index in [0.29, 0.717) is 6.42 Å². The minimum absolute atomic E-state index is 0.212. The van der Waals surface area contributed by atoms with E-state index in [1.807, 2.05) is 0 Å². The molecule has 0 spiro atoms. The van der Waals surface area contributed by atoms with E-state index in [1.54, 1.807) is 0 Å². The van der Waals surface area contributed by atoms with Gasteiger partial charge in [0.15, 0.2) is 5.69 Å². The summed E-state index contributed by atoms with van der Waals surface area (Å²) in [7, 11) is 0. The van der Waals surface area contributed by atoms with E-state index in [2.05, 4.69) is 9.40 Å². The van der Waals surface area contributed by atoms with Crippen LogP contribution in [0, 0.1) is 0 Å². The second-order valence-electron chi connectivity index (χ2n) is 3.88. The minimum Gasteiger partial charge on any atom is -0.475 e. The highest BCUT2D eigenvalue weighted by molar-refractivity contribution is 5.85. The average Bonchev–Trinajstić information content (AvgIpc) is 2.57. The molecule has 0 radical (unpaired) electrons. The molecule has 0 atom stereocenters. The van der Waals surface area contributed by atoms with Crippen LogP contribution in [0.2, 0.25) is 0 Å². The summed E-state index contributed by atoms with van der Waals surface area (Å²) in [5.41, 5.74) is -3.17. The number of rotatable bonds is 2. The maximum atomic E-state index is 12.5. The number of alkyl halides is 3. The first kappa shape index (κ1) is 11.9. The molecule has 17 heavy (non-hydrogen) atoms. The summed E-state index contributed by atoms with van der Waals surface area (Å²) >= 11 is 0. The van der Waals surface area contributed by atoms with E-state index >= 15 is 0 Å². The smallest absolute Gasteiger partial charge is 0.437 e. The fourth-order valence-corrected chi connectivity index (χ4v) is 1.58. The summed E-state index contributed by atoms with van der Waals surface area (Å²) < 4.78 is 41.9. The lowest BCUT2D eigenvalue weighted by Gasteiger charge is -2.32. The Labute approximate surface area is 92.9 Å². The van der Waals surface area contributed by atoms with E-state index in [4.69, 9.17) is 5.11 Å². The van der Waals surface area contributed by atoms with Crippen molar-refractivity contribution in [3.8, 4) is 0 Å². The lowest BCUT2D eigenvalue weighted by molar-refractivity contribution is -0.142. The van der Waals surface area contributed by atoms with Gasteiger partial charge < -0.3 is 14.6 Å². The van der Waals surface area contributed by atoms with Crippen molar-refractivity contribution in [1.82, 2.24) is 4.98 Å². The quantitative estimate of drug-likeness (QED) is 0.836. The van der Waals surface area contributed by atoms with E-state index in [1.165, 1.54) is 0 Å². The average molecular weight is 251 g/mol. The van der Waals surface area contributed by atoms with Gasteiger partial charge in [0.2, 0.25) is 11.7 Å². The highest BCUT2D eigenvalue weighted by atomic mass is 19.4. The van der Waals surface area contributed by atoms with Crippen molar-refractivity contribution in [3.05, 3.63) is 17.3 Å². The number of carbonyl (C=O) groups is 1. The Kier molecular flexibility index (Phi) is 2.42. The molecule has 1 fully saturated rings. The van der Waals surface area contributed by atoms with Crippen molar-refractivity contribution in [2.45, 2.75) is 31.0 Å². The van der Waals surface area contributed by atoms with Crippen LogP contribution in [0.1, 0.15) is 41.4 Å². The molecule has 1 aromatic heterocycles. The normalized spacial score (nSPS) is 18.8. The molecule has 2 N–H and O–H groups in total. The van der Waals surface area contributed by atoms with Crippen LogP contribution in [-0.2, 0) is 11.8 Å². The molecule has 1 aromatic rings. The molecule has 0 unspecified atom stereocenters. The van der Waals surface area contributed by atoms with Crippen LogP contribution in [0.5, 0.6) is 0 Å². The molecule has 0 saturated heterocycles. The Bertz CT molecular complexity index is 461. The predicted octanol–water partition coefficient (Wildman–Crippen LogP) is 1.76. The molecule has 8 heteroatoms. The Hall–Kier alpha value is -1.57. The van der Waals surface area contributed by atoms with Gasteiger partial charge in [0.1, 0.15) is 5.60 Å². The summed E-state index contributed by atoms with van der Waals surface area (Å²) in [6.45, 7) is 0. The fourth-order valence-electron chi connectivity index (χ4n) is 1.58. The number of oxazole rings is 1. The van der Waals surface area contributed by atoms with Crippen LogP contribution in [0.3, 0.4) is 0 Å². The van der Waals surface area contributed by atoms with Crippen molar-refractivity contribution in [2.75, 3.05) is 0 Å². The first-order valence-corrected chi connectivity index (χ1v) is 4.78. The number of halogens is 3. The monoisotopic (exact) mass is 251 g/mol. The fraction of sp³-hybridized carbons (Fsp3) is 0.556. The zero-order chi connectivity index (χ0) is 12.8. The molecule has 0 bridgehead atoms. The summed E-state index contributed by atoms with van der Waals surface area (Å²) in [6.07, 6.45) is -3.87. The maximum Gasteiger partial charge on any atom is 0.437 e. The van der Waals surface area contributed by atoms with Crippen LogP contribution < -0.4 is 0 Å². The number of carboxylic acid groups (broad SMARTS) is 1. The van der Waals surface area contributed by atoms with Gasteiger partial charge in [-0.1, -0.05) is 0 Å². The standard InChI is InChI=1S/C9H8F3NO4/c10-9(11,12)5-4(6(14)15)17-7(13-5)8(16)2-1-3-8/h16H,1-3H2,(H,14,15). The molecule has 1 saturated carbocycles. The molecule has 94 valence electrons. The molecule has 0 aromatic carbocycles. The number of aromatic nitrogens is 1. The Morgan fingerprint density at radius 1 is 1.41 bits per heavy atom. The van der Waals surface area contributed by atoms with E-state index in [0.717, 1.165) is 0 Å². The highest BCUT2D eigenvalue weighted by Crippen LogP contribution is 2.43. The van der Waals surface area contributed by atoms with Crippen molar-refractivity contribution in [2.24, 2.45) is 0 Å². The lowest BCUT2D eigenvalue weighted by Crippen LogP contribution is -2.34. The van der Waals surface area contributed by atoms with Crippen molar-refractivity contribution in [1.29, 1.82) is 0 Å². The number of aliphatic hydroxyl groups is 1. The molecular formula is C9H8F3NO4. The maximum absolute atomic E-state index is 12.5. The van der Waals surface area contributed by atoms with Gasteiger partial charge in [-0.2, -0.15) is 13.2 Å². The third kappa shape index (κ3) is 1.88. The molecule has 0 aliphatic heterocycles. The zero-order valence-corrected chi connectivity index (χ0v) is 8.41. The molecular weight excluding hydrogens is 243 g/mol. The molecule has 1 aliphatic rings. The van der Waals surface area contributed by atoms with Crippen LogP contribution in [-0.4, -0.2) is 21.2 Å². The van der Waals surface area contributed by atoms with Crippen molar-refractivity contribution >= 4 is 5.97 Å². The Morgan fingerprint density at radius 3 is 2.29 bits per heavy atom. The number of aromatic carboxylic acids is 1. The van der Waals surface area contributed by atoms with Gasteiger partial charge in [0.05, 0.1) is 0 Å². The molecule has 0 amide bonds. The number of carboxylic acids is 1. The molecule has 1 heterocycles. The summed E-state index contributed by atoms with van der Waals surface area (Å²) in [5.74, 6) is -3.72. The van der Waals surface area contributed by atoms with Gasteiger partial charge >= 0.3 is 12.1 Å². The van der Waals surface area contributed by atoms with Crippen LogP contribution in [0.4, 0.5) is 13.2 Å². The van der Waals surface area contributed by atoms with Gasteiger partial charge in [0.25, 0.3) is 0 Å². The zero-order valence-electron chi connectivity index (χ0n) is 8.41. The Morgan fingerprint density at radius 2 is 2.00 bits per heavy atom. The molecule has 1 aliphatic carbocycles. The van der Waals surface area contributed by atoms with Gasteiger partial charge in [-0.05, 0) is 19.3 Å². The van der Waals surface area contributed by atoms with Crippen LogP contribution in [0.15, 0.2) is 4.42 Å². The van der Waals surface area contributed by atoms with Gasteiger partial charge in [-0.15, -0.1) is 0 Å². The van der Waals surface area contributed by atoms with Crippen LogP contribution in [0.25, 0.3) is 0 Å². The number of nitrogens with zero attached hydrogens (tertiary/aromatic N) is 1. The third-order valence-electron chi connectivity index (χ3n) is 2.67. The van der Waals surface area contributed by atoms with Gasteiger partial charge in [-0.25, -0.2) is 9.78 Å². The van der Waals surface area contributed by atoms with Crippen molar-refractivity contribution in [3.63, 3.8) is 0 Å². The SMILES string of the molecule is O=C(O)c1oc(C2(O)CCC2)nc1C(F)(F)F. The summed E-state index contributed by atoms with van der Waals surface area (Å²) in [5, 5.41) is 18.3.